The van der Waals surface area contributed by atoms with Gasteiger partial charge in [-0.2, -0.15) is 0 Å². The van der Waals surface area contributed by atoms with Gasteiger partial charge in [-0.1, -0.05) is 38.1 Å². The molecule has 3 rings (SSSR count). The Morgan fingerprint density at radius 2 is 1.81 bits per heavy atom. The van der Waals surface area contributed by atoms with Crippen LogP contribution in [0.1, 0.15) is 37.0 Å². The second-order valence-electron chi connectivity index (χ2n) is 6.56. The number of pyridine rings is 1. The number of hydrogen-bond donors (Lipinski definition) is 1. The van der Waals surface area contributed by atoms with E-state index in [1.807, 2.05) is 29.2 Å². The quantitative estimate of drug-likeness (QED) is 0.875. The van der Waals surface area contributed by atoms with Crippen LogP contribution in [0.2, 0.25) is 0 Å². The number of hydrogen-bond acceptors (Lipinski definition) is 3. The predicted molar refractivity (Wildman–Crippen MR) is 85.1 cm³/mol. The normalized spacial score (nSPS) is 17.9. The molecule has 0 atom stereocenters. The number of rotatable bonds is 1. The molecule has 1 aromatic heterocycles. The Kier molecular flexibility index (Phi) is 3.32. The van der Waals surface area contributed by atoms with E-state index in [2.05, 4.69) is 18.8 Å². The van der Waals surface area contributed by atoms with Gasteiger partial charge in [-0.25, -0.2) is 4.98 Å². The smallest absolute Gasteiger partial charge is 0.256 e. The van der Waals surface area contributed by atoms with Gasteiger partial charge in [0.15, 0.2) is 0 Å². The average Bonchev–Trinajstić information content (AvgIpc) is 2.47. The number of nitrogen functional groups attached to an aromatic ring is 1. The van der Waals surface area contributed by atoms with E-state index >= 15 is 0 Å². The SMILES string of the molecule is CC1(C)CCN(C(=O)c2cnc(N)c3ccccc23)CC1. The molecule has 1 fully saturated rings. The van der Waals surface area contributed by atoms with Crippen LogP contribution in [0.5, 0.6) is 0 Å². The van der Waals surface area contributed by atoms with Crippen LogP contribution < -0.4 is 5.73 Å². The van der Waals surface area contributed by atoms with Gasteiger partial charge in [0.05, 0.1) is 5.56 Å². The first kappa shape index (κ1) is 13.9. The molecule has 4 heteroatoms. The lowest BCUT2D eigenvalue weighted by atomic mass is 9.82. The maximum absolute atomic E-state index is 12.8. The molecule has 1 aromatic carbocycles. The Morgan fingerprint density at radius 1 is 1.19 bits per heavy atom. The fourth-order valence-electron chi connectivity index (χ4n) is 2.87. The molecular formula is C17H21N3O. The fraction of sp³-hybridized carbons (Fsp3) is 0.412. The number of carbonyl (C=O) groups is 1. The third kappa shape index (κ3) is 2.58. The summed E-state index contributed by atoms with van der Waals surface area (Å²) in [6.45, 7) is 6.14. The van der Waals surface area contributed by atoms with E-state index in [0.717, 1.165) is 36.7 Å². The van der Waals surface area contributed by atoms with Crippen molar-refractivity contribution in [1.29, 1.82) is 0 Å². The van der Waals surface area contributed by atoms with Crippen LogP contribution in [0.4, 0.5) is 5.82 Å². The molecule has 0 saturated carbocycles. The van der Waals surface area contributed by atoms with Crippen molar-refractivity contribution < 1.29 is 4.79 Å². The Labute approximate surface area is 125 Å². The summed E-state index contributed by atoms with van der Waals surface area (Å²) in [5.74, 6) is 0.538. The van der Waals surface area contributed by atoms with Crippen LogP contribution >= 0.6 is 0 Å². The first-order valence-electron chi connectivity index (χ1n) is 7.40. The summed E-state index contributed by atoms with van der Waals surface area (Å²) in [6.07, 6.45) is 3.69. The van der Waals surface area contributed by atoms with Crippen LogP contribution in [0.15, 0.2) is 30.5 Å². The monoisotopic (exact) mass is 283 g/mol. The molecule has 2 N–H and O–H groups in total. The van der Waals surface area contributed by atoms with Crippen molar-refractivity contribution in [2.24, 2.45) is 5.41 Å². The molecule has 1 aliphatic heterocycles. The lowest BCUT2D eigenvalue weighted by molar-refractivity contribution is 0.0632. The van der Waals surface area contributed by atoms with Gasteiger partial charge in [0.25, 0.3) is 5.91 Å². The zero-order valence-electron chi connectivity index (χ0n) is 12.6. The highest BCUT2D eigenvalue weighted by atomic mass is 16.2. The summed E-state index contributed by atoms with van der Waals surface area (Å²) >= 11 is 0. The molecule has 0 bridgehead atoms. The van der Waals surface area contributed by atoms with Crippen LogP contribution in [0.3, 0.4) is 0 Å². The van der Waals surface area contributed by atoms with Crippen molar-refractivity contribution in [3.63, 3.8) is 0 Å². The minimum Gasteiger partial charge on any atom is -0.383 e. The van der Waals surface area contributed by atoms with Crippen LogP contribution in [-0.2, 0) is 0 Å². The minimum absolute atomic E-state index is 0.0641. The van der Waals surface area contributed by atoms with Gasteiger partial charge in [0.1, 0.15) is 5.82 Å². The number of piperidine rings is 1. The van der Waals surface area contributed by atoms with E-state index in [9.17, 15) is 4.79 Å². The van der Waals surface area contributed by atoms with E-state index in [4.69, 9.17) is 5.73 Å². The molecule has 2 heterocycles. The molecule has 21 heavy (non-hydrogen) atoms. The summed E-state index contributed by atoms with van der Waals surface area (Å²) in [5.41, 5.74) is 6.89. The molecule has 2 aromatic rings. The van der Waals surface area contributed by atoms with Gasteiger partial charge in [0, 0.05) is 24.7 Å². The van der Waals surface area contributed by atoms with Gasteiger partial charge >= 0.3 is 0 Å². The number of carbonyl (C=O) groups excluding carboxylic acids is 1. The van der Waals surface area contributed by atoms with E-state index in [0.29, 0.717) is 16.8 Å². The molecule has 0 radical (unpaired) electrons. The van der Waals surface area contributed by atoms with Gasteiger partial charge in [-0.05, 0) is 23.6 Å². The first-order chi connectivity index (χ1) is 9.98. The summed E-state index contributed by atoms with van der Waals surface area (Å²) in [7, 11) is 0. The average molecular weight is 283 g/mol. The van der Waals surface area contributed by atoms with E-state index in [-0.39, 0.29) is 5.91 Å². The summed E-state index contributed by atoms with van der Waals surface area (Å²) in [5, 5.41) is 1.74. The van der Waals surface area contributed by atoms with Gasteiger partial charge in [0.2, 0.25) is 0 Å². The Bertz CT molecular complexity index is 683. The highest BCUT2D eigenvalue weighted by Crippen LogP contribution is 2.31. The van der Waals surface area contributed by atoms with Gasteiger partial charge in [-0.15, -0.1) is 0 Å². The largest absolute Gasteiger partial charge is 0.383 e. The molecular weight excluding hydrogens is 262 g/mol. The topological polar surface area (TPSA) is 59.2 Å². The zero-order chi connectivity index (χ0) is 15.0. The van der Waals surface area contributed by atoms with Crippen molar-refractivity contribution in [3.8, 4) is 0 Å². The Morgan fingerprint density at radius 3 is 2.48 bits per heavy atom. The van der Waals surface area contributed by atoms with Crippen molar-refractivity contribution in [3.05, 3.63) is 36.0 Å². The summed E-state index contributed by atoms with van der Waals surface area (Å²) < 4.78 is 0. The van der Waals surface area contributed by atoms with Crippen LogP contribution in [0, 0.1) is 5.41 Å². The van der Waals surface area contributed by atoms with Crippen LogP contribution in [-0.4, -0.2) is 28.9 Å². The second kappa shape index (κ2) is 5.02. The Balaban J connectivity index is 1.94. The van der Waals surface area contributed by atoms with Crippen molar-refractivity contribution in [2.75, 3.05) is 18.8 Å². The number of likely N-dealkylation sites (tertiary alicyclic amines) is 1. The fourth-order valence-corrected chi connectivity index (χ4v) is 2.87. The van der Waals surface area contributed by atoms with Crippen LogP contribution in [0.25, 0.3) is 10.8 Å². The van der Waals surface area contributed by atoms with Gasteiger partial charge in [-0.3, -0.25) is 4.79 Å². The summed E-state index contributed by atoms with van der Waals surface area (Å²) in [6, 6.07) is 7.69. The van der Waals surface area contributed by atoms with Crippen molar-refractivity contribution in [2.45, 2.75) is 26.7 Å². The van der Waals surface area contributed by atoms with Crippen molar-refractivity contribution >= 4 is 22.5 Å². The summed E-state index contributed by atoms with van der Waals surface area (Å²) in [4.78, 5) is 18.9. The molecule has 0 aliphatic carbocycles. The second-order valence-corrected chi connectivity index (χ2v) is 6.56. The highest BCUT2D eigenvalue weighted by Gasteiger charge is 2.29. The molecule has 1 amide bonds. The Hall–Kier alpha value is -2.10. The van der Waals surface area contributed by atoms with Crippen molar-refractivity contribution in [1.82, 2.24) is 9.88 Å². The molecule has 1 saturated heterocycles. The number of nitrogens with zero attached hydrogens (tertiary/aromatic N) is 2. The third-order valence-electron chi connectivity index (χ3n) is 4.46. The highest BCUT2D eigenvalue weighted by molar-refractivity contribution is 6.08. The lowest BCUT2D eigenvalue weighted by Gasteiger charge is -2.37. The molecule has 4 nitrogen and oxygen atoms in total. The maximum atomic E-state index is 12.8. The molecule has 1 aliphatic rings. The number of aromatic nitrogens is 1. The number of amides is 1. The molecule has 0 unspecified atom stereocenters. The molecule has 110 valence electrons. The molecule has 0 spiro atoms. The number of fused-ring (bicyclic) bond motifs is 1. The zero-order valence-corrected chi connectivity index (χ0v) is 12.6. The minimum atomic E-state index is 0.0641. The van der Waals surface area contributed by atoms with E-state index in [1.54, 1.807) is 6.20 Å². The number of benzene rings is 1. The number of nitrogens with two attached hydrogens (primary N) is 1. The first-order valence-corrected chi connectivity index (χ1v) is 7.40. The number of anilines is 1. The standard InChI is InChI=1S/C17H21N3O/c1-17(2)7-9-20(10-8-17)16(21)14-11-19-15(18)13-6-4-3-5-12(13)14/h3-6,11H,7-10H2,1-2H3,(H2,18,19). The van der Waals surface area contributed by atoms with Gasteiger partial charge < -0.3 is 10.6 Å². The van der Waals surface area contributed by atoms with E-state index < -0.39 is 0 Å². The van der Waals surface area contributed by atoms with E-state index in [1.165, 1.54) is 0 Å². The maximum Gasteiger partial charge on any atom is 0.256 e. The third-order valence-corrected chi connectivity index (χ3v) is 4.46. The lowest BCUT2D eigenvalue weighted by Crippen LogP contribution is -2.41. The predicted octanol–water partition coefficient (Wildman–Crippen LogP) is 3.08.